The normalized spacial score (nSPS) is 15.7. The lowest BCUT2D eigenvalue weighted by Crippen LogP contribution is -2.59. The lowest BCUT2D eigenvalue weighted by Gasteiger charge is -2.29. The van der Waals surface area contributed by atoms with Gasteiger partial charge in [0.15, 0.2) is 0 Å². The van der Waals surface area contributed by atoms with Crippen molar-refractivity contribution < 1.29 is 54.0 Å². The van der Waals surface area contributed by atoms with Crippen LogP contribution in [0.2, 0.25) is 0 Å². The number of thioether (sulfide) groups is 1. The maximum absolute atomic E-state index is 14.7. The standard InChI is InChI=1S/C59H80N8O11S/c1-36(2)29-50(65-53(71)37(3)62-54(72)47(60)31-39-13-9-6-10-14-39)57(75)63-43(30-38-11-7-5-8-12-38)35-61-49(32-40-15-21-44(68)22-16-40)56(74)64-48(27-28-79-4)55(73)66-51(33-41-17-23-45(69)24-18-41)58(76)67-52(59(77)78)34-42-19-25-46(70)26-20-42/h5,7-8,11-12,15-26,36-37,39,43,47-52,61,68-70H,6,9-10,13-14,27-35,60H2,1-4H3,(H,62,72)(H,63,75)(H,64,74)(H,65,71)(H,66,73)(H,67,76)(H,77,78)/t37-,43-,47-,48-,49-,50-,51-,52-/m0/s1. The molecule has 20 heteroatoms. The number of benzene rings is 4. The van der Waals surface area contributed by atoms with Crippen LogP contribution in [0.5, 0.6) is 17.2 Å². The molecular weight excluding hydrogens is 1030 g/mol. The van der Waals surface area contributed by atoms with Crippen LogP contribution < -0.4 is 43.0 Å². The number of carbonyl (C=O) groups is 7. The Morgan fingerprint density at radius 1 is 0.532 bits per heavy atom. The van der Waals surface area contributed by atoms with Crippen molar-refractivity contribution in [1.82, 2.24) is 37.2 Å². The lowest BCUT2D eigenvalue weighted by atomic mass is 9.85. The second-order valence-corrected chi connectivity index (χ2v) is 22.0. The van der Waals surface area contributed by atoms with Gasteiger partial charge in [-0.15, -0.1) is 0 Å². The fourth-order valence-corrected chi connectivity index (χ4v) is 10.00. The van der Waals surface area contributed by atoms with Gasteiger partial charge in [-0.1, -0.05) is 113 Å². The molecule has 0 saturated heterocycles. The van der Waals surface area contributed by atoms with Crippen LogP contribution in [0.3, 0.4) is 0 Å². The number of hydrogen-bond acceptors (Lipinski definition) is 13. The molecule has 0 heterocycles. The van der Waals surface area contributed by atoms with E-state index in [0.29, 0.717) is 41.2 Å². The van der Waals surface area contributed by atoms with Crippen LogP contribution in [0.4, 0.5) is 0 Å². The van der Waals surface area contributed by atoms with Crippen molar-refractivity contribution in [2.75, 3.05) is 18.6 Å². The molecule has 0 spiro atoms. The Kier molecular flexibility index (Phi) is 25.4. The highest BCUT2D eigenvalue weighted by molar-refractivity contribution is 7.98. The van der Waals surface area contributed by atoms with Crippen molar-refractivity contribution in [3.63, 3.8) is 0 Å². The Bertz CT molecular complexity index is 2590. The zero-order valence-corrected chi connectivity index (χ0v) is 46.4. The summed E-state index contributed by atoms with van der Waals surface area (Å²) in [6.45, 7) is 5.42. The van der Waals surface area contributed by atoms with Gasteiger partial charge in [0, 0.05) is 25.4 Å². The van der Waals surface area contributed by atoms with Crippen molar-refractivity contribution >= 4 is 53.2 Å². The summed E-state index contributed by atoms with van der Waals surface area (Å²) in [5.74, 6) is -4.23. The molecule has 8 atom stereocenters. The molecule has 13 N–H and O–H groups in total. The molecule has 4 aromatic rings. The first-order valence-electron chi connectivity index (χ1n) is 27.2. The predicted octanol–water partition coefficient (Wildman–Crippen LogP) is 4.14. The fourth-order valence-electron chi connectivity index (χ4n) is 9.53. The van der Waals surface area contributed by atoms with Gasteiger partial charge in [0.25, 0.3) is 0 Å². The van der Waals surface area contributed by atoms with E-state index in [1.165, 1.54) is 66.7 Å². The summed E-state index contributed by atoms with van der Waals surface area (Å²) in [6, 6.07) is 19.1. The van der Waals surface area contributed by atoms with E-state index in [9.17, 15) is 54.0 Å². The molecule has 0 aliphatic heterocycles. The van der Waals surface area contributed by atoms with Crippen LogP contribution in [0.25, 0.3) is 0 Å². The fraction of sp³-hybridized carbons (Fsp3) is 0.475. The number of carbonyl (C=O) groups excluding carboxylic acids is 6. The highest BCUT2D eigenvalue weighted by atomic mass is 32.2. The van der Waals surface area contributed by atoms with E-state index in [-0.39, 0.29) is 61.8 Å². The van der Waals surface area contributed by atoms with E-state index < -0.39 is 89.7 Å². The van der Waals surface area contributed by atoms with Gasteiger partial charge in [0.1, 0.15) is 47.5 Å². The van der Waals surface area contributed by atoms with Crippen molar-refractivity contribution in [1.29, 1.82) is 0 Å². The third-order valence-electron chi connectivity index (χ3n) is 14.0. The van der Waals surface area contributed by atoms with Crippen LogP contribution in [0, 0.1) is 11.8 Å². The summed E-state index contributed by atoms with van der Waals surface area (Å²) in [6.07, 6.45) is 8.33. The molecule has 0 unspecified atom stereocenters. The van der Waals surface area contributed by atoms with Gasteiger partial charge >= 0.3 is 5.97 Å². The minimum Gasteiger partial charge on any atom is -0.508 e. The zero-order valence-electron chi connectivity index (χ0n) is 45.6. The molecule has 0 bridgehead atoms. The molecule has 5 rings (SSSR count). The van der Waals surface area contributed by atoms with Gasteiger partial charge in [0.05, 0.1) is 12.1 Å². The topological polar surface area (TPSA) is 311 Å². The molecule has 428 valence electrons. The summed E-state index contributed by atoms with van der Waals surface area (Å²) >= 11 is 1.43. The van der Waals surface area contributed by atoms with E-state index in [0.717, 1.165) is 31.2 Å². The van der Waals surface area contributed by atoms with Crippen molar-refractivity contribution in [3.8, 4) is 17.2 Å². The Morgan fingerprint density at radius 3 is 1.52 bits per heavy atom. The van der Waals surface area contributed by atoms with Crippen molar-refractivity contribution in [3.05, 3.63) is 125 Å². The van der Waals surface area contributed by atoms with Crippen molar-refractivity contribution in [2.45, 2.75) is 146 Å². The second-order valence-electron chi connectivity index (χ2n) is 21.0. The second kappa shape index (κ2) is 32.0. The number of carboxylic acids is 1. The number of aromatic hydroxyl groups is 3. The largest absolute Gasteiger partial charge is 0.508 e. The number of aliphatic carboxylic acids is 1. The highest BCUT2D eigenvalue weighted by Gasteiger charge is 2.33. The van der Waals surface area contributed by atoms with Crippen LogP contribution in [-0.2, 0) is 59.2 Å². The van der Waals surface area contributed by atoms with Crippen LogP contribution in [0.1, 0.15) is 94.4 Å². The molecule has 1 saturated carbocycles. The Morgan fingerprint density at radius 2 is 0.987 bits per heavy atom. The van der Waals surface area contributed by atoms with Crippen LogP contribution in [0.15, 0.2) is 103 Å². The number of nitrogens with two attached hydrogens (primary N) is 1. The van der Waals surface area contributed by atoms with Gasteiger partial charge in [-0.05, 0) is 122 Å². The molecule has 1 aliphatic carbocycles. The number of phenols is 3. The SMILES string of the molecule is CSCC[C@H](NC(=O)[C@H](Cc1ccc(O)cc1)NC[C@H](Cc1ccccc1)NC(=O)[C@H](CC(C)C)NC(=O)[C@H](C)NC(=O)[C@@H](N)CC1CCCCC1)C(=O)N[C@@H](Cc1ccc(O)cc1)C(=O)N[C@@H](Cc1ccc(O)cc1)C(=O)O. The molecule has 1 aliphatic rings. The monoisotopic (exact) mass is 1110 g/mol. The lowest BCUT2D eigenvalue weighted by molar-refractivity contribution is -0.142. The van der Waals surface area contributed by atoms with E-state index in [1.54, 1.807) is 31.2 Å². The molecule has 1 fully saturated rings. The summed E-state index contributed by atoms with van der Waals surface area (Å²) in [5.41, 5.74) is 8.87. The van der Waals surface area contributed by atoms with Crippen LogP contribution in [-0.4, -0.2) is 129 Å². The van der Waals surface area contributed by atoms with Gasteiger partial charge in [-0.2, -0.15) is 11.8 Å². The number of phenolic OH excluding ortho intramolecular Hbond substituents is 3. The number of nitrogens with one attached hydrogen (secondary N) is 7. The number of amides is 6. The summed E-state index contributed by atoms with van der Waals surface area (Å²) in [7, 11) is 0. The van der Waals surface area contributed by atoms with Crippen molar-refractivity contribution in [2.24, 2.45) is 17.6 Å². The maximum atomic E-state index is 14.7. The van der Waals surface area contributed by atoms with Gasteiger partial charge in [-0.25, -0.2) is 4.79 Å². The van der Waals surface area contributed by atoms with E-state index in [1.807, 2.05) is 50.4 Å². The molecular formula is C59H80N8O11S. The summed E-state index contributed by atoms with van der Waals surface area (Å²) in [4.78, 5) is 96.9. The molecule has 0 radical (unpaired) electrons. The first-order chi connectivity index (χ1) is 37.8. The van der Waals surface area contributed by atoms with Gasteiger partial charge in [-0.3, -0.25) is 28.8 Å². The summed E-state index contributed by atoms with van der Waals surface area (Å²) < 4.78 is 0. The third-order valence-corrected chi connectivity index (χ3v) is 14.6. The average molecular weight is 1110 g/mol. The smallest absolute Gasteiger partial charge is 0.326 e. The minimum atomic E-state index is -1.42. The van der Waals surface area contributed by atoms with Gasteiger partial charge < -0.3 is 63.4 Å². The quantitative estimate of drug-likeness (QED) is 0.0337. The maximum Gasteiger partial charge on any atom is 0.326 e. The predicted molar refractivity (Wildman–Crippen MR) is 304 cm³/mol. The highest BCUT2D eigenvalue weighted by Crippen LogP contribution is 2.27. The molecule has 4 aromatic carbocycles. The third kappa shape index (κ3) is 21.9. The number of hydrogen-bond donors (Lipinski definition) is 12. The van der Waals surface area contributed by atoms with Gasteiger partial charge in [0.2, 0.25) is 35.4 Å². The molecule has 79 heavy (non-hydrogen) atoms. The Balaban J connectivity index is 1.35. The number of carboxylic acid groups (broad SMARTS) is 1. The molecule has 6 amide bonds. The molecule has 0 aromatic heterocycles. The summed E-state index contributed by atoms with van der Waals surface area (Å²) in [5, 5.41) is 60.2. The Labute approximate surface area is 467 Å². The number of rotatable bonds is 31. The average Bonchev–Trinajstić information content (AvgIpc) is 3.42. The molecule has 19 nitrogen and oxygen atoms in total. The van der Waals surface area contributed by atoms with E-state index in [4.69, 9.17) is 5.73 Å². The zero-order chi connectivity index (χ0) is 57.4. The van der Waals surface area contributed by atoms with Crippen LogP contribution >= 0.6 is 11.8 Å². The minimum absolute atomic E-state index is 0.0103. The first kappa shape index (κ1) is 62.7. The Hall–Kier alpha value is -7.16. The van der Waals surface area contributed by atoms with E-state index in [2.05, 4.69) is 37.2 Å². The van der Waals surface area contributed by atoms with E-state index >= 15 is 0 Å². The first-order valence-corrected chi connectivity index (χ1v) is 28.6.